The first-order chi connectivity index (χ1) is 7.35. The van der Waals surface area contributed by atoms with Crippen LogP contribution in [0.1, 0.15) is 15.9 Å². The van der Waals surface area contributed by atoms with Gasteiger partial charge in [-0.05, 0) is 12.1 Å². The minimum atomic E-state index is 0.139. The quantitative estimate of drug-likeness (QED) is 0.554. The predicted octanol–water partition coefficient (Wildman–Crippen LogP) is 1.42. The summed E-state index contributed by atoms with van der Waals surface area (Å²) in [6, 6.07) is 3.55. The van der Waals surface area contributed by atoms with E-state index in [1.54, 1.807) is 6.07 Å². The third-order valence-corrected chi connectivity index (χ3v) is 2.28. The summed E-state index contributed by atoms with van der Waals surface area (Å²) in [4.78, 5) is 10.8. The number of benzene rings is 1. The van der Waals surface area contributed by atoms with Gasteiger partial charge in [0.25, 0.3) is 0 Å². The van der Waals surface area contributed by atoms with E-state index in [4.69, 9.17) is 14.2 Å². The van der Waals surface area contributed by atoms with Crippen LogP contribution in [0.25, 0.3) is 0 Å². The Bertz CT molecular complexity index is 373. The van der Waals surface area contributed by atoms with Gasteiger partial charge in [0.2, 0.25) is 0 Å². The maximum absolute atomic E-state index is 10.8. The molecule has 0 aliphatic carbocycles. The van der Waals surface area contributed by atoms with Gasteiger partial charge in [0.15, 0.2) is 13.1 Å². The monoisotopic (exact) mass is 208 g/mol. The molecule has 1 heterocycles. The van der Waals surface area contributed by atoms with E-state index in [9.17, 15) is 4.79 Å². The molecule has 80 valence electrons. The van der Waals surface area contributed by atoms with Crippen molar-refractivity contribution < 1.29 is 19.0 Å². The molecular weight excluding hydrogens is 196 g/mol. The van der Waals surface area contributed by atoms with E-state index in [2.05, 4.69) is 0 Å². The SMILES string of the molecule is COCOc1cc2c(cc1C=O)OCC2. The van der Waals surface area contributed by atoms with Crippen molar-refractivity contribution in [3.63, 3.8) is 0 Å². The fourth-order valence-corrected chi connectivity index (χ4v) is 1.56. The van der Waals surface area contributed by atoms with Gasteiger partial charge >= 0.3 is 0 Å². The van der Waals surface area contributed by atoms with Crippen LogP contribution in [0.5, 0.6) is 11.5 Å². The van der Waals surface area contributed by atoms with Crippen molar-refractivity contribution in [1.82, 2.24) is 0 Å². The Morgan fingerprint density at radius 2 is 2.40 bits per heavy atom. The lowest BCUT2D eigenvalue weighted by Crippen LogP contribution is -2.01. The summed E-state index contributed by atoms with van der Waals surface area (Å²) >= 11 is 0. The Morgan fingerprint density at radius 1 is 1.53 bits per heavy atom. The lowest BCUT2D eigenvalue weighted by atomic mass is 10.1. The molecule has 0 atom stereocenters. The van der Waals surface area contributed by atoms with Crippen molar-refractivity contribution in [2.75, 3.05) is 20.5 Å². The Balaban J connectivity index is 2.31. The maximum atomic E-state index is 10.8. The number of hydrogen-bond donors (Lipinski definition) is 0. The highest BCUT2D eigenvalue weighted by atomic mass is 16.7. The third kappa shape index (κ3) is 1.94. The van der Waals surface area contributed by atoms with Crippen LogP contribution in [0, 0.1) is 0 Å². The molecule has 0 radical (unpaired) electrons. The molecule has 0 N–H and O–H groups in total. The predicted molar refractivity (Wildman–Crippen MR) is 53.5 cm³/mol. The summed E-state index contributed by atoms with van der Waals surface area (Å²) in [5.74, 6) is 1.33. The van der Waals surface area contributed by atoms with E-state index in [1.165, 1.54) is 7.11 Å². The Morgan fingerprint density at radius 3 is 3.13 bits per heavy atom. The van der Waals surface area contributed by atoms with Crippen LogP contribution in [0.15, 0.2) is 12.1 Å². The summed E-state index contributed by atoms with van der Waals surface area (Å²) in [5.41, 5.74) is 1.57. The number of carbonyl (C=O) groups is 1. The van der Waals surface area contributed by atoms with Gasteiger partial charge in [0.05, 0.1) is 12.2 Å². The number of methoxy groups -OCH3 is 1. The minimum absolute atomic E-state index is 0.139. The van der Waals surface area contributed by atoms with Crippen LogP contribution in [0.2, 0.25) is 0 Å². The van der Waals surface area contributed by atoms with Gasteiger partial charge in [0, 0.05) is 19.1 Å². The zero-order chi connectivity index (χ0) is 10.7. The zero-order valence-corrected chi connectivity index (χ0v) is 8.49. The molecule has 4 heteroatoms. The van der Waals surface area contributed by atoms with Crippen molar-refractivity contribution in [3.05, 3.63) is 23.3 Å². The zero-order valence-electron chi connectivity index (χ0n) is 8.49. The van der Waals surface area contributed by atoms with Crippen LogP contribution < -0.4 is 9.47 Å². The summed E-state index contributed by atoms with van der Waals surface area (Å²) in [5, 5.41) is 0. The first-order valence-corrected chi connectivity index (χ1v) is 4.72. The second kappa shape index (κ2) is 4.31. The molecule has 0 fully saturated rings. The molecule has 1 aliphatic heterocycles. The molecule has 1 aliphatic rings. The van der Waals surface area contributed by atoms with Gasteiger partial charge in [-0.1, -0.05) is 0 Å². The number of carbonyl (C=O) groups excluding carboxylic acids is 1. The van der Waals surface area contributed by atoms with Crippen LogP contribution in [-0.2, 0) is 11.2 Å². The summed E-state index contributed by atoms with van der Waals surface area (Å²) in [6.45, 7) is 0.807. The lowest BCUT2D eigenvalue weighted by Gasteiger charge is -2.08. The van der Waals surface area contributed by atoms with Crippen molar-refractivity contribution in [1.29, 1.82) is 0 Å². The summed E-state index contributed by atoms with van der Waals surface area (Å²) < 4.78 is 15.4. The van der Waals surface area contributed by atoms with E-state index in [0.29, 0.717) is 17.9 Å². The second-order valence-electron chi connectivity index (χ2n) is 3.26. The van der Waals surface area contributed by atoms with E-state index >= 15 is 0 Å². The third-order valence-electron chi connectivity index (χ3n) is 2.28. The normalized spacial score (nSPS) is 13.1. The van der Waals surface area contributed by atoms with Crippen molar-refractivity contribution >= 4 is 6.29 Å². The first kappa shape index (κ1) is 9.98. The molecule has 0 bridgehead atoms. The molecule has 0 aromatic heterocycles. The minimum Gasteiger partial charge on any atom is -0.493 e. The molecule has 0 spiro atoms. The van der Waals surface area contributed by atoms with Gasteiger partial charge in [-0.3, -0.25) is 4.79 Å². The molecule has 1 aromatic carbocycles. The van der Waals surface area contributed by atoms with Gasteiger partial charge < -0.3 is 14.2 Å². The average Bonchev–Trinajstić information content (AvgIpc) is 2.71. The highest BCUT2D eigenvalue weighted by Crippen LogP contribution is 2.31. The van der Waals surface area contributed by atoms with Crippen molar-refractivity contribution in [2.45, 2.75) is 6.42 Å². The fourth-order valence-electron chi connectivity index (χ4n) is 1.56. The number of aldehydes is 1. The topological polar surface area (TPSA) is 44.8 Å². The molecule has 2 rings (SSSR count). The summed E-state index contributed by atoms with van der Waals surface area (Å²) in [7, 11) is 1.54. The molecule has 0 amide bonds. The van der Waals surface area contributed by atoms with Gasteiger partial charge in [-0.25, -0.2) is 0 Å². The smallest absolute Gasteiger partial charge is 0.188 e. The van der Waals surface area contributed by atoms with E-state index in [-0.39, 0.29) is 6.79 Å². The largest absolute Gasteiger partial charge is 0.493 e. The van der Waals surface area contributed by atoms with Crippen LogP contribution in [0.4, 0.5) is 0 Å². The molecule has 4 nitrogen and oxygen atoms in total. The van der Waals surface area contributed by atoms with Crippen LogP contribution in [-0.4, -0.2) is 26.8 Å². The number of hydrogen-bond acceptors (Lipinski definition) is 4. The van der Waals surface area contributed by atoms with E-state index in [0.717, 1.165) is 24.0 Å². The Kier molecular flexibility index (Phi) is 2.87. The van der Waals surface area contributed by atoms with Crippen LogP contribution in [0.3, 0.4) is 0 Å². The highest BCUT2D eigenvalue weighted by molar-refractivity contribution is 5.80. The maximum Gasteiger partial charge on any atom is 0.188 e. The molecule has 1 aromatic rings. The Hall–Kier alpha value is -1.55. The summed E-state index contributed by atoms with van der Waals surface area (Å²) in [6.07, 6.45) is 1.62. The highest BCUT2D eigenvalue weighted by Gasteiger charge is 2.16. The van der Waals surface area contributed by atoms with E-state index in [1.807, 2.05) is 6.07 Å². The first-order valence-electron chi connectivity index (χ1n) is 4.72. The second-order valence-corrected chi connectivity index (χ2v) is 3.26. The standard InChI is InChI=1S/C11H12O4/c1-13-7-15-11-4-8-2-3-14-10(8)5-9(11)6-12/h4-6H,2-3,7H2,1H3. The molecule has 0 saturated heterocycles. The van der Waals surface area contributed by atoms with Crippen molar-refractivity contribution in [3.8, 4) is 11.5 Å². The molecule has 0 unspecified atom stereocenters. The fraction of sp³-hybridized carbons (Fsp3) is 0.364. The van der Waals surface area contributed by atoms with E-state index < -0.39 is 0 Å². The molecule has 0 saturated carbocycles. The van der Waals surface area contributed by atoms with Gasteiger partial charge in [-0.15, -0.1) is 0 Å². The van der Waals surface area contributed by atoms with Gasteiger partial charge in [0.1, 0.15) is 11.5 Å². The van der Waals surface area contributed by atoms with Crippen molar-refractivity contribution in [2.24, 2.45) is 0 Å². The number of ether oxygens (including phenoxy) is 3. The molecule has 15 heavy (non-hydrogen) atoms. The van der Waals surface area contributed by atoms with Gasteiger partial charge in [-0.2, -0.15) is 0 Å². The Labute approximate surface area is 87.8 Å². The average molecular weight is 208 g/mol. The molecular formula is C11H12O4. The number of fused-ring (bicyclic) bond motifs is 1. The van der Waals surface area contributed by atoms with Crippen LogP contribution >= 0.6 is 0 Å². The lowest BCUT2D eigenvalue weighted by molar-refractivity contribution is 0.0505. The number of rotatable bonds is 4.